The van der Waals surface area contributed by atoms with Crippen molar-refractivity contribution in [1.29, 1.82) is 0 Å². The summed E-state index contributed by atoms with van der Waals surface area (Å²) < 4.78 is 52.5. The van der Waals surface area contributed by atoms with E-state index in [1.54, 1.807) is 52.8 Å². The summed E-state index contributed by atoms with van der Waals surface area (Å²) in [5.41, 5.74) is 5.04. The van der Waals surface area contributed by atoms with Gasteiger partial charge in [0.15, 0.2) is 0 Å². The highest BCUT2D eigenvalue weighted by Gasteiger charge is 2.67. The number of nitrogens with one attached hydrogen (secondary N) is 1. The molecular weight excluding hydrogens is 707 g/mol. The van der Waals surface area contributed by atoms with Crippen LogP contribution in [0.4, 0.5) is 14.9 Å². The number of piperazine rings is 1. The Balaban J connectivity index is 1.35. The molecular formula is C39H48ClFN4O6S. The molecule has 0 aromatic heterocycles. The summed E-state index contributed by atoms with van der Waals surface area (Å²) in [5, 5.41) is 13.8. The number of sulfonamides is 1. The van der Waals surface area contributed by atoms with E-state index in [-0.39, 0.29) is 53.9 Å². The molecule has 2 saturated heterocycles. The van der Waals surface area contributed by atoms with E-state index in [9.17, 15) is 23.1 Å². The molecule has 2 amide bonds. The zero-order valence-electron chi connectivity index (χ0n) is 29.9. The molecule has 1 spiro atoms. The number of amides is 2. The van der Waals surface area contributed by atoms with E-state index < -0.39 is 50.4 Å². The van der Waals surface area contributed by atoms with E-state index in [1.807, 2.05) is 32.9 Å². The monoisotopic (exact) mass is 754 g/mol. The van der Waals surface area contributed by atoms with Crippen molar-refractivity contribution in [3.8, 4) is 0 Å². The van der Waals surface area contributed by atoms with Gasteiger partial charge in [0.05, 0.1) is 22.0 Å². The van der Waals surface area contributed by atoms with Crippen LogP contribution in [0.15, 0.2) is 77.7 Å². The minimum absolute atomic E-state index is 0.0136. The third-order valence-corrected chi connectivity index (χ3v) is 13.8. The Morgan fingerprint density at radius 3 is 2.27 bits per heavy atom. The molecule has 3 atom stereocenters. The maximum atomic E-state index is 15.9. The summed E-state index contributed by atoms with van der Waals surface area (Å²) in [7, 11) is -4.13. The van der Waals surface area contributed by atoms with Gasteiger partial charge in [0.2, 0.25) is 15.9 Å². The fraction of sp³-hybridized carbons (Fsp3) is 0.487. The lowest BCUT2D eigenvalue weighted by molar-refractivity contribution is -0.118. The summed E-state index contributed by atoms with van der Waals surface area (Å²) in [6.07, 6.45) is 1.42. The summed E-state index contributed by atoms with van der Waals surface area (Å²) in [6, 6.07) is 18.9. The molecule has 0 bridgehead atoms. The molecule has 10 nitrogen and oxygen atoms in total. The molecule has 3 unspecified atom stereocenters. The number of halogens is 2. The molecule has 13 heteroatoms. The first kappa shape index (κ1) is 38.2. The third-order valence-electron chi connectivity index (χ3n) is 11.4. The molecule has 2 heterocycles. The third kappa shape index (κ3) is 7.33. The number of benzene rings is 3. The molecule has 3 fully saturated rings. The van der Waals surface area contributed by atoms with Crippen LogP contribution in [0.2, 0.25) is 5.02 Å². The minimum atomic E-state index is -4.13. The Morgan fingerprint density at radius 2 is 1.67 bits per heavy atom. The van der Waals surface area contributed by atoms with Gasteiger partial charge in [0.1, 0.15) is 5.82 Å². The van der Waals surface area contributed by atoms with Crippen molar-refractivity contribution in [2.75, 3.05) is 31.6 Å². The highest BCUT2D eigenvalue weighted by atomic mass is 35.5. The number of nitrogens with zero attached hydrogens (tertiary/aromatic N) is 2. The van der Waals surface area contributed by atoms with E-state index in [1.165, 1.54) is 17.0 Å². The smallest absolute Gasteiger partial charge is 0.407 e. The average molecular weight is 755 g/mol. The zero-order valence-corrected chi connectivity index (χ0v) is 31.4. The molecule has 2 aliphatic heterocycles. The zero-order chi connectivity index (χ0) is 37.5. The lowest BCUT2D eigenvalue weighted by Gasteiger charge is -2.59. The van der Waals surface area contributed by atoms with Gasteiger partial charge in [0.25, 0.3) is 0 Å². The molecule has 3 aromatic rings. The second-order valence-corrected chi connectivity index (χ2v) is 17.8. The molecule has 3 aromatic carbocycles. The molecule has 6 rings (SSSR count). The Labute approximate surface area is 310 Å². The highest BCUT2D eigenvalue weighted by Crippen LogP contribution is 2.57. The minimum Gasteiger partial charge on any atom is -0.465 e. The molecule has 3 aliphatic rings. The van der Waals surface area contributed by atoms with Gasteiger partial charge in [-0.1, -0.05) is 68.8 Å². The first-order valence-electron chi connectivity index (χ1n) is 17.9. The average Bonchev–Trinajstić information content (AvgIpc) is 3.87. The second-order valence-electron chi connectivity index (χ2n) is 15.5. The Morgan fingerprint density at radius 1 is 1.02 bits per heavy atom. The normalized spacial score (nSPS) is 22.2. The Hall–Kier alpha value is -3.55. The predicted molar refractivity (Wildman–Crippen MR) is 198 cm³/mol. The Kier molecular flexibility index (Phi) is 10.8. The number of carboxylic acid groups (broad SMARTS) is 1. The Bertz CT molecular complexity index is 1880. The quantitative estimate of drug-likeness (QED) is 0.205. The molecule has 4 N–H and O–H groups in total. The largest absolute Gasteiger partial charge is 0.465 e. The molecule has 280 valence electrons. The van der Waals surface area contributed by atoms with Gasteiger partial charge >= 0.3 is 6.09 Å². The van der Waals surface area contributed by atoms with E-state index in [0.29, 0.717) is 31.1 Å². The van der Waals surface area contributed by atoms with Gasteiger partial charge < -0.3 is 25.8 Å². The first-order valence-corrected chi connectivity index (χ1v) is 19.7. The summed E-state index contributed by atoms with van der Waals surface area (Å²) in [6.45, 7) is 6.77. The topological polar surface area (TPSA) is 142 Å². The van der Waals surface area contributed by atoms with Crippen LogP contribution in [0.5, 0.6) is 0 Å². The first-order chi connectivity index (χ1) is 24.6. The number of anilines is 1. The van der Waals surface area contributed by atoms with Crippen LogP contribution in [0.1, 0.15) is 69.9 Å². The van der Waals surface area contributed by atoms with Gasteiger partial charge in [-0.2, -0.15) is 4.31 Å². The fourth-order valence-electron chi connectivity index (χ4n) is 8.40. The second kappa shape index (κ2) is 14.7. The predicted octanol–water partition coefficient (Wildman–Crippen LogP) is 6.89. The van der Waals surface area contributed by atoms with Crippen molar-refractivity contribution in [2.45, 2.75) is 87.2 Å². The lowest BCUT2D eigenvalue weighted by atomic mass is 9.68. The van der Waals surface area contributed by atoms with Crippen molar-refractivity contribution < 1.29 is 32.2 Å². The number of nitrogens with two attached hydrogens (primary N) is 1. The maximum absolute atomic E-state index is 15.9. The van der Waals surface area contributed by atoms with Gasteiger partial charge in [0, 0.05) is 48.5 Å². The summed E-state index contributed by atoms with van der Waals surface area (Å²) in [5.74, 6) is -1.33. The van der Waals surface area contributed by atoms with Crippen molar-refractivity contribution in [3.63, 3.8) is 0 Å². The van der Waals surface area contributed by atoms with Crippen LogP contribution in [-0.2, 0) is 26.0 Å². The van der Waals surface area contributed by atoms with Crippen molar-refractivity contribution in [3.05, 3.63) is 94.8 Å². The number of hydrogen-bond acceptors (Lipinski definition) is 6. The number of ether oxygens (including phenoxy) is 1. The van der Waals surface area contributed by atoms with Crippen LogP contribution in [-0.4, -0.2) is 78.2 Å². The van der Waals surface area contributed by atoms with Gasteiger partial charge in [-0.15, -0.1) is 0 Å². The molecule has 52 heavy (non-hydrogen) atoms. The van der Waals surface area contributed by atoms with Crippen LogP contribution in [0.3, 0.4) is 0 Å². The lowest BCUT2D eigenvalue weighted by Crippen LogP contribution is -2.74. The number of carbonyl (C=O) groups is 2. The fourth-order valence-corrected chi connectivity index (χ4v) is 10.9. The molecule has 1 saturated carbocycles. The van der Waals surface area contributed by atoms with Crippen LogP contribution in [0.25, 0.3) is 0 Å². The molecule has 0 radical (unpaired) electrons. The number of rotatable bonds is 10. The van der Waals surface area contributed by atoms with Crippen molar-refractivity contribution in [2.24, 2.45) is 17.1 Å². The number of carbonyl (C=O) groups excluding carboxylic acids is 1. The van der Waals surface area contributed by atoms with E-state index >= 15 is 4.39 Å². The van der Waals surface area contributed by atoms with Gasteiger partial charge in [-0.25, -0.2) is 17.6 Å². The van der Waals surface area contributed by atoms with Crippen LogP contribution in [0, 0.1) is 17.2 Å². The standard InChI is InChI=1S/C39H48ClFN4O6S/c1-37(2,3)39(25-44(36(47)48)24-38(20-21-38)45(39)52(49,50)29-8-5-4-6-9-29)19-16-30-31(41)10-7-11-32(30)43-35(46)34(42)33(27-17-22-51-23-18-27)26-12-14-28(40)15-13-26/h4-15,27,33-34H,16-25,42H2,1-3H3,(H,43,46)(H,47,48). The maximum Gasteiger partial charge on any atom is 0.407 e. The summed E-state index contributed by atoms with van der Waals surface area (Å²) in [4.78, 5) is 28.0. The SMILES string of the molecule is CC(C)(C)C1(CCc2c(F)cccc2NC(=O)C(N)C(c2ccc(Cl)cc2)C2CCOCC2)CN(C(=O)O)CC2(CC2)N1S(=O)(=O)c1ccccc1. The van der Waals surface area contributed by atoms with Crippen molar-refractivity contribution >= 4 is 39.3 Å². The van der Waals surface area contributed by atoms with E-state index in [2.05, 4.69) is 5.32 Å². The van der Waals surface area contributed by atoms with E-state index in [4.69, 9.17) is 22.1 Å². The van der Waals surface area contributed by atoms with Crippen LogP contribution >= 0.6 is 11.6 Å². The summed E-state index contributed by atoms with van der Waals surface area (Å²) >= 11 is 6.18. The van der Waals surface area contributed by atoms with Gasteiger partial charge in [-0.05, 0) is 91.8 Å². The number of hydrogen-bond donors (Lipinski definition) is 3. The highest BCUT2D eigenvalue weighted by molar-refractivity contribution is 7.89. The molecule has 1 aliphatic carbocycles. The van der Waals surface area contributed by atoms with Crippen molar-refractivity contribution in [1.82, 2.24) is 9.21 Å². The van der Waals surface area contributed by atoms with Crippen LogP contribution < -0.4 is 11.1 Å². The van der Waals surface area contributed by atoms with E-state index in [0.717, 1.165) is 18.4 Å². The van der Waals surface area contributed by atoms with Gasteiger partial charge in [-0.3, -0.25) is 4.79 Å².